The molecule has 0 aliphatic carbocycles. The van der Waals surface area contributed by atoms with Gasteiger partial charge in [0.25, 0.3) is 18.0 Å². The molecule has 0 aromatic carbocycles. The first kappa shape index (κ1) is 12.4. The second-order valence-electron chi connectivity index (χ2n) is 2.82. The molecule has 1 amide bonds. The zero-order valence-corrected chi connectivity index (χ0v) is 8.05. The number of carbonyl (C=O) groups is 1. The molecule has 2 N–H and O–H groups in total. The molecule has 0 saturated heterocycles. The van der Waals surface area contributed by atoms with Crippen LogP contribution in [0, 0.1) is 21.4 Å². The van der Waals surface area contributed by atoms with Crippen LogP contribution in [0.1, 0.15) is 28.0 Å². The number of alkyl halides is 2. The standard InChI is InChI=1S/C8H4F2N4O3/c9-7(10)5-4(1-11)13-2-3(8(12)15)6(5)14(16)17/h2,7H,(H2,12,15). The average Bonchev–Trinajstić information content (AvgIpc) is 2.26. The Bertz CT molecular complexity index is 538. The molecule has 1 rings (SSSR count). The third-order valence-corrected chi connectivity index (χ3v) is 1.86. The lowest BCUT2D eigenvalue weighted by molar-refractivity contribution is -0.386. The lowest BCUT2D eigenvalue weighted by Crippen LogP contribution is -2.16. The monoisotopic (exact) mass is 242 g/mol. The van der Waals surface area contributed by atoms with Crippen molar-refractivity contribution in [1.29, 1.82) is 5.26 Å². The second kappa shape index (κ2) is 4.48. The molecule has 0 spiro atoms. The van der Waals surface area contributed by atoms with Crippen molar-refractivity contribution in [1.82, 2.24) is 4.98 Å². The van der Waals surface area contributed by atoms with Gasteiger partial charge in [0.15, 0.2) is 5.69 Å². The van der Waals surface area contributed by atoms with E-state index in [1.807, 2.05) is 0 Å². The van der Waals surface area contributed by atoms with Crippen molar-refractivity contribution < 1.29 is 18.5 Å². The lowest BCUT2D eigenvalue weighted by Gasteiger charge is -2.05. The van der Waals surface area contributed by atoms with Gasteiger partial charge in [0, 0.05) is 6.20 Å². The molecule has 0 saturated carbocycles. The number of pyridine rings is 1. The van der Waals surface area contributed by atoms with Crippen LogP contribution in [0.2, 0.25) is 0 Å². The summed E-state index contributed by atoms with van der Waals surface area (Å²) < 4.78 is 25.3. The number of carbonyl (C=O) groups excluding carboxylic acids is 1. The van der Waals surface area contributed by atoms with E-state index in [1.165, 1.54) is 6.07 Å². The van der Waals surface area contributed by atoms with E-state index in [4.69, 9.17) is 11.0 Å². The molecule has 9 heteroatoms. The van der Waals surface area contributed by atoms with Gasteiger partial charge in [-0.3, -0.25) is 14.9 Å². The van der Waals surface area contributed by atoms with Crippen molar-refractivity contribution >= 4 is 11.6 Å². The lowest BCUT2D eigenvalue weighted by atomic mass is 10.1. The predicted octanol–water partition coefficient (Wildman–Crippen LogP) is 0.898. The minimum atomic E-state index is -3.31. The Morgan fingerprint density at radius 3 is 2.59 bits per heavy atom. The fourth-order valence-corrected chi connectivity index (χ4v) is 1.19. The number of amides is 1. The molecule has 0 bridgehead atoms. The normalized spacial score (nSPS) is 10.0. The summed E-state index contributed by atoms with van der Waals surface area (Å²) in [6.45, 7) is 0. The van der Waals surface area contributed by atoms with E-state index in [9.17, 15) is 23.7 Å². The second-order valence-corrected chi connectivity index (χ2v) is 2.82. The molecule has 0 fully saturated rings. The summed E-state index contributed by atoms with van der Waals surface area (Å²) in [5.41, 5.74) is 0.852. The maximum absolute atomic E-state index is 12.6. The third kappa shape index (κ3) is 2.15. The zero-order valence-electron chi connectivity index (χ0n) is 8.05. The van der Waals surface area contributed by atoms with Gasteiger partial charge in [-0.15, -0.1) is 0 Å². The van der Waals surface area contributed by atoms with E-state index in [0.29, 0.717) is 6.20 Å². The molecule has 1 heterocycles. The van der Waals surface area contributed by atoms with Gasteiger partial charge in [-0.2, -0.15) is 5.26 Å². The quantitative estimate of drug-likeness (QED) is 0.622. The van der Waals surface area contributed by atoms with Crippen LogP contribution in [0.3, 0.4) is 0 Å². The summed E-state index contributed by atoms with van der Waals surface area (Å²) >= 11 is 0. The van der Waals surface area contributed by atoms with Crippen LogP contribution in [0.15, 0.2) is 6.20 Å². The van der Waals surface area contributed by atoms with Crippen molar-refractivity contribution in [2.45, 2.75) is 6.43 Å². The molecule has 7 nitrogen and oxygen atoms in total. The first-order chi connectivity index (χ1) is 7.90. The van der Waals surface area contributed by atoms with Crippen molar-refractivity contribution in [3.8, 4) is 6.07 Å². The van der Waals surface area contributed by atoms with Gasteiger partial charge in [0.1, 0.15) is 17.2 Å². The Morgan fingerprint density at radius 2 is 2.24 bits per heavy atom. The summed E-state index contributed by atoms with van der Waals surface area (Å²) in [4.78, 5) is 23.5. The zero-order chi connectivity index (χ0) is 13.2. The Kier molecular flexibility index (Phi) is 3.28. The Balaban J connectivity index is 3.73. The molecule has 17 heavy (non-hydrogen) atoms. The Labute approximate surface area is 92.6 Å². The van der Waals surface area contributed by atoms with Gasteiger partial charge < -0.3 is 5.73 Å². The summed E-state index contributed by atoms with van der Waals surface area (Å²) in [6, 6.07) is 1.29. The molecule has 0 atom stereocenters. The van der Waals surface area contributed by atoms with Crippen LogP contribution in [0.25, 0.3) is 0 Å². The molecule has 0 aliphatic rings. The van der Waals surface area contributed by atoms with Gasteiger partial charge in [0.2, 0.25) is 0 Å². The minimum absolute atomic E-state index is 0.630. The SMILES string of the molecule is N#Cc1ncc(C(N)=O)c([N+](=O)[O-])c1C(F)F. The Hall–Kier alpha value is -2.63. The van der Waals surface area contributed by atoms with E-state index >= 15 is 0 Å². The molecular formula is C8H4F2N4O3. The Morgan fingerprint density at radius 1 is 1.65 bits per heavy atom. The highest BCUT2D eigenvalue weighted by Gasteiger charge is 2.32. The smallest absolute Gasteiger partial charge is 0.295 e. The number of aromatic nitrogens is 1. The summed E-state index contributed by atoms with van der Waals surface area (Å²) in [5, 5.41) is 19.2. The van der Waals surface area contributed by atoms with E-state index < -0.39 is 39.8 Å². The number of nitro groups is 1. The van der Waals surface area contributed by atoms with Gasteiger partial charge in [-0.05, 0) is 0 Å². The van der Waals surface area contributed by atoms with Gasteiger partial charge >= 0.3 is 0 Å². The van der Waals surface area contributed by atoms with Crippen molar-refractivity contribution in [2.75, 3.05) is 0 Å². The number of primary amides is 1. The molecule has 1 aromatic rings. The van der Waals surface area contributed by atoms with Gasteiger partial charge in [-0.25, -0.2) is 13.8 Å². The van der Waals surface area contributed by atoms with Crippen molar-refractivity contribution in [3.63, 3.8) is 0 Å². The van der Waals surface area contributed by atoms with E-state index in [2.05, 4.69) is 4.98 Å². The van der Waals surface area contributed by atoms with Crippen LogP contribution in [-0.2, 0) is 0 Å². The molecule has 0 aliphatic heterocycles. The summed E-state index contributed by atoms with van der Waals surface area (Å²) in [6.07, 6.45) is -2.68. The minimum Gasteiger partial charge on any atom is -0.365 e. The highest BCUT2D eigenvalue weighted by molar-refractivity contribution is 5.97. The van der Waals surface area contributed by atoms with Crippen molar-refractivity contribution in [2.24, 2.45) is 5.73 Å². The highest BCUT2D eigenvalue weighted by atomic mass is 19.3. The first-order valence-corrected chi connectivity index (χ1v) is 4.05. The van der Waals surface area contributed by atoms with Crippen molar-refractivity contribution in [3.05, 3.63) is 33.1 Å². The van der Waals surface area contributed by atoms with E-state index in [-0.39, 0.29) is 0 Å². The number of rotatable bonds is 3. The van der Waals surface area contributed by atoms with Gasteiger partial charge in [0.05, 0.1) is 4.92 Å². The van der Waals surface area contributed by atoms with Crippen LogP contribution in [0.4, 0.5) is 14.5 Å². The largest absolute Gasteiger partial charge is 0.365 e. The van der Waals surface area contributed by atoms with Crippen LogP contribution in [0.5, 0.6) is 0 Å². The molecule has 0 radical (unpaired) electrons. The average molecular weight is 242 g/mol. The number of nitrogens with two attached hydrogens (primary N) is 1. The number of halogens is 2. The van der Waals surface area contributed by atoms with E-state index in [1.54, 1.807) is 0 Å². The summed E-state index contributed by atoms with van der Waals surface area (Å²) in [5.74, 6) is -1.27. The molecule has 0 unspecified atom stereocenters. The summed E-state index contributed by atoms with van der Waals surface area (Å²) in [7, 11) is 0. The first-order valence-electron chi connectivity index (χ1n) is 4.05. The third-order valence-electron chi connectivity index (χ3n) is 1.86. The number of hydrogen-bond acceptors (Lipinski definition) is 5. The topological polar surface area (TPSA) is 123 Å². The molecule has 1 aromatic heterocycles. The highest BCUT2D eigenvalue weighted by Crippen LogP contribution is 2.33. The molecular weight excluding hydrogens is 238 g/mol. The predicted molar refractivity (Wildman–Crippen MR) is 49.1 cm³/mol. The number of nitrogens with zero attached hydrogens (tertiary/aromatic N) is 3. The molecule has 88 valence electrons. The maximum Gasteiger partial charge on any atom is 0.295 e. The van der Waals surface area contributed by atoms with Crippen LogP contribution < -0.4 is 5.73 Å². The van der Waals surface area contributed by atoms with Crippen LogP contribution >= 0.6 is 0 Å². The number of nitriles is 1. The maximum atomic E-state index is 12.6. The number of hydrogen-bond donors (Lipinski definition) is 1. The fraction of sp³-hybridized carbons (Fsp3) is 0.125. The van der Waals surface area contributed by atoms with Crippen LogP contribution in [-0.4, -0.2) is 15.8 Å². The van der Waals surface area contributed by atoms with Gasteiger partial charge in [-0.1, -0.05) is 0 Å². The fourth-order valence-electron chi connectivity index (χ4n) is 1.19. The van der Waals surface area contributed by atoms with E-state index in [0.717, 1.165) is 0 Å².